The van der Waals surface area contributed by atoms with E-state index in [9.17, 15) is 9.90 Å². The number of fused-ring (bicyclic) bond motifs is 2. The number of anilines is 1. The topological polar surface area (TPSA) is 119 Å². The number of rotatable bonds is 4. The average molecular weight is 478 g/mol. The lowest BCUT2D eigenvalue weighted by Gasteiger charge is -2.32. The van der Waals surface area contributed by atoms with Gasteiger partial charge in [-0.2, -0.15) is 9.61 Å². The molecular formula is C25H31N7O3. The second kappa shape index (κ2) is 10.0. The van der Waals surface area contributed by atoms with Crippen LogP contribution in [-0.2, 0) is 11.8 Å². The van der Waals surface area contributed by atoms with Crippen molar-refractivity contribution in [2.45, 2.75) is 44.2 Å². The second-order valence-corrected chi connectivity index (χ2v) is 9.00. The third-order valence-electron chi connectivity index (χ3n) is 6.61. The van der Waals surface area contributed by atoms with Crippen molar-refractivity contribution in [1.82, 2.24) is 29.5 Å². The van der Waals surface area contributed by atoms with Gasteiger partial charge in [0, 0.05) is 56.7 Å². The Morgan fingerprint density at radius 2 is 2.03 bits per heavy atom. The lowest BCUT2D eigenvalue weighted by Crippen LogP contribution is -2.50. The van der Waals surface area contributed by atoms with Crippen LogP contribution in [0.25, 0.3) is 27.9 Å². The van der Waals surface area contributed by atoms with Gasteiger partial charge in [0.15, 0.2) is 5.65 Å². The Morgan fingerprint density at radius 3 is 2.66 bits per heavy atom. The Hall–Kier alpha value is -3.50. The summed E-state index contributed by atoms with van der Waals surface area (Å²) in [6.45, 7) is 2.00. The normalized spacial score (nSPS) is 19.6. The van der Waals surface area contributed by atoms with Gasteiger partial charge in [0.2, 0.25) is 0 Å². The van der Waals surface area contributed by atoms with Crippen molar-refractivity contribution in [1.29, 1.82) is 0 Å². The molecule has 0 spiro atoms. The van der Waals surface area contributed by atoms with Gasteiger partial charge in [-0.1, -0.05) is 0 Å². The zero-order valence-electron chi connectivity index (χ0n) is 20.1. The molecule has 1 aliphatic heterocycles. The molecule has 5 heterocycles. The number of aliphatic hydroxyl groups is 1. The van der Waals surface area contributed by atoms with E-state index >= 15 is 0 Å². The molecule has 0 bridgehead atoms. The molecule has 1 amide bonds. The smallest absolute Gasteiger partial charge is 0.257 e. The molecule has 2 atom stereocenters. The number of carbonyl (C=O) groups is 1. The molecule has 6 rings (SSSR count). The van der Waals surface area contributed by atoms with Crippen molar-refractivity contribution in [3.63, 3.8) is 0 Å². The maximum Gasteiger partial charge on any atom is 0.257 e. The Bertz CT molecular complexity index is 1330. The van der Waals surface area contributed by atoms with Gasteiger partial charge >= 0.3 is 0 Å². The SMILES string of the molecule is C1CCOCC1.CNc1cc(-c2cn(C)c3ncccc23)nc2c(C(=O)NC3CCC3O)cnn12. The van der Waals surface area contributed by atoms with Gasteiger partial charge in [0.05, 0.1) is 24.0 Å². The van der Waals surface area contributed by atoms with E-state index in [0.29, 0.717) is 23.4 Å². The van der Waals surface area contributed by atoms with Crippen LogP contribution in [-0.4, -0.2) is 67.6 Å². The Balaban J connectivity index is 0.000000371. The van der Waals surface area contributed by atoms with Crippen LogP contribution in [0.5, 0.6) is 0 Å². The molecule has 4 aromatic rings. The first-order valence-corrected chi connectivity index (χ1v) is 12.1. The van der Waals surface area contributed by atoms with Gasteiger partial charge in [-0.3, -0.25) is 4.79 Å². The van der Waals surface area contributed by atoms with Crippen molar-refractivity contribution in [2.24, 2.45) is 7.05 Å². The number of ether oxygens (including phenoxy) is 1. The number of nitrogens with zero attached hydrogens (tertiary/aromatic N) is 5. The predicted molar refractivity (Wildman–Crippen MR) is 133 cm³/mol. The zero-order valence-corrected chi connectivity index (χ0v) is 20.1. The van der Waals surface area contributed by atoms with Crippen LogP contribution in [0.1, 0.15) is 42.5 Å². The summed E-state index contributed by atoms with van der Waals surface area (Å²) in [5.41, 5.74) is 3.34. The molecule has 2 fully saturated rings. The lowest BCUT2D eigenvalue weighted by molar-refractivity contribution is 0.0448. The average Bonchev–Trinajstić information content (AvgIpc) is 3.48. The van der Waals surface area contributed by atoms with E-state index in [0.717, 1.165) is 41.9 Å². The zero-order chi connectivity index (χ0) is 24.4. The maximum absolute atomic E-state index is 12.8. The molecule has 3 N–H and O–H groups in total. The summed E-state index contributed by atoms with van der Waals surface area (Å²) in [7, 11) is 3.74. The van der Waals surface area contributed by atoms with Gasteiger partial charge in [-0.05, 0) is 44.2 Å². The highest BCUT2D eigenvalue weighted by atomic mass is 16.5. The molecule has 1 saturated carbocycles. The van der Waals surface area contributed by atoms with E-state index in [1.54, 1.807) is 17.8 Å². The molecule has 0 aromatic carbocycles. The number of carbonyl (C=O) groups excluding carboxylic acids is 1. The number of nitrogens with one attached hydrogen (secondary N) is 2. The molecule has 10 nitrogen and oxygen atoms in total. The number of hydrogen-bond acceptors (Lipinski definition) is 7. The number of amides is 1. The fourth-order valence-corrected chi connectivity index (χ4v) is 4.44. The van der Waals surface area contributed by atoms with Crippen LogP contribution >= 0.6 is 0 Å². The summed E-state index contributed by atoms with van der Waals surface area (Å²) in [5, 5.41) is 21.1. The van der Waals surface area contributed by atoms with E-state index in [1.165, 1.54) is 25.5 Å². The monoisotopic (exact) mass is 477 g/mol. The summed E-state index contributed by atoms with van der Waals surface area (Å²) in [6, 6.07) is 5.59. The number of aryl methyl sites for hydroxylation is 1. The number of aliphatic hydroxyl groups excluding tert-OH is 1. The van der Waals surface area contributed by atoms with Gasteiger partial charge in [-0.25, -0.2) is 9.97 Å². The highest BCUT2D eigenvalue weighted by Crippen LogP contribution is 2.30. The van der Waals surface area contributed by atoms with Crippen molar-refractivity contribution in [2.75, 3.05) is 25.6 Å². The third kappa shape index (κ3) is 4.59. The molecule has 184 valence electrons. The molecular weight excluding hydrogens is 446 g/mol. The standard InChI is InChI=1S/C20H21N7O2.C5H10O/c1-21-17-8-15(13-10-26(2)18-11(13)4-3-7-22-18)24-19-12(9-23-27(17)19)20(29)25-14-5-6-16(14)28;1-2-4-6-5-3-1/h3-4,7-10,14,16,21,28H,5-6H2,1-2H3,(H,25,29);1-5H2. The number of aromatic nitrogens is 5. The maximum atomic E-state index is 12.8. The summed E-state index contributed by atoms with van der Waals surface area (Å²) >= 11 is 0. The molecule has 10 heteroatoms. The van der Waals surface area contributed by atoms with Gasteiger partial charge < -0.3 is 25.0 Å². The molecule has 35 heavy (non-hydrogen) atoms. The van der Waals surface area contributed by atoms with E-state index in [1.807, 2.05) is 36.0 Å². The minimum absolute atomic E-state index is 0.214. The van der Waals surface area contributed by atoms with Crippen LogP contribution in [0.15, 0.2) is 36.8 Å². The highest BCUT2D eigenvalue weighted by Gasteiger charge is 2.31. The predicted octanol–water partition coefficient (Wildman–Crippen LogP) is 2.76. The van der Waals surface area contributed by atoms with E-state index in [-0.39, 0.29) is 11.9 Å². The second-order valence-electron chi connectivity index (χ2n) is 9.00. The number of hydrogen-bond donors (Lipinski definition) is 3. The molecule has 1 aliphatic carbocycles. The van der Waals surface area contributed by atoms with Gasteiger partial charge in [-0.15, -0.1) is 0 Å². The molecule has 2 unspecified atom stereocenters. The van der Waals surface area contributed by atoms with Crippen LogP contribution in [0, 0.1) is 0 Å². The molecule has 1 saturated heterocycles. The summed E-state index contributed by atoms with van der Waals surface area (Å²) < 4.78 is 8.64. The van der Waals surface area contributed by atoms with Crippen LogP contribution in [0.3, 0.4) is 0 Å². The molecule has 4 aromatic heterocycles. The summed E-state index contributed by atoms with van der Waals surface area (Å²) in [6.07, 6.45) is 10.2. The van der Waals surface area contributed by atoms with Crippen molar-refractivity contribution < 1.29 is 14.6 Å². The Kier molecular flexibility index (Phi) is 6.65. The highest BCUT2D eigenvalue weighted by molar-refractivity contribution is 6.01. The fourth-order valence-electron chi connectivity index (χ4n) is 4.44. The van der Waals surface area contributed by atoms with E-state index in [2.05, 4.69) is 20.7 Å². The van der Waals surface area contributed by atoms with E-state index < -0.39 is 6.10 Å². The minimum Gasteiger partial charge on any atom is -0.391 e. The summed E-state index contributed by atoms with van der Waals surface area (Å²) in [4.78, 5) is 22.0. The first-order chi connectivity index (χ1) is 17.1. The lowest BCUT2D eigenvalue weighted by atomic mass is 9.89. The van der Waals surface area contributed by atoms with Gasteiger partial charge in [0.1, 0.15) is 17.0 Å². The molecule has 2 aliphatic rings. The van der Waals surface area contributed by atoms with E-state index in [4.69, 9.17) is 9.72 Å². The van der Waals surface area contributed by atoms with Crippen molar-refractivity contribution in [3.8, 4) is 11.3 Å². The summed E-state index contributed by atoms with van der Waals surface area (Å²) in [5.74, 6) is 0.434. The molecule has 0 radical (unpaired) electrons. The Morgan fingerprint density at radius 1 is 1.20 bits per heavy atom. The fraction of sp³-hybridized carbons (Fsp3) is 0.440. The number of pyridine rings is 1. The largest absolute Gasteiger partial charge is 0.391 e. The van der Waals surface area contributed by atoms with Crippen molar-refractivity contribution in [3.05, 3.63) is 42.4 Å². The van der Waals surface area contributed by atoms with Crippen LogP contribution in [0.2, 0.25) is 0 Å². The van der Waals surface area contributed by atoms with Gasteiger partial charge in [0.25, 0.3) is 5.91 Å². The third-order valence-corrected chi connectivity index (χ3v) is 6.61. The minimum atomic E-state index is -0.486. The van der Waals surface area contributed by atoms with Crippen LogP contribution in [0.4, 0.5) is 5.82 Å². The Labute approximate surface area is 203 Å². The van der Waals surface area contributed by atoms with Crippen LogP contribution < -0.4 is 10.6 Å². The quantitative estimate of drug-likeness (QED) is 0.414. The first kappa shape index (κ1) is 23.3. The van der Waals surface area contributed by atoms with Crippen molar-refractivity contribution >= 4 is 28.4 Å². The first-order valence-electron chi connectivity index (χ1n) is 12.1.